The monoisotopic (exact) mass is 550 g/mol. The van der Waals surface area contributed by atoms with Crippen molar-refractivity contribution in [2.75, 3.05) is 30.8 Å². The van der Waals surface area contributed by atoms with Crippen molar-refractivity contribution in [3.05, 3.63) is 88.1 Å². The van der Waals surface area contributed by atoms with Crippen molar-refractivity contribution in [2.45, 2.75) is 6.54 Å². The zero-order valence-electron chi connectivity index (χ0n) is 18.6. The van der Waals surface area contributed by atoms with Gasteiger partial charge in [-0.05, 0) is 48.0 Å². The van der Waals surface area contributed by atoms with Gasteiger partial charge in [0.2, 0.25) is 10.0 Å². The highest BCUT2D eigenvalue weighted by molar-refractivity contribution is 9.10. The van der Waals surface area contributed by atoms with Gasteiger partial charge in [-0.2, -0.15) is 0 Å². The topological polar surface area (TPSA) is 84.9 Å². The number of nitrogens with zero attached hydrogens (tertiary/aromatic N) is 1. The Morgan fingerprint density at radius 3 is 2.41 bits per heavy atom. The first-order chi connectivity index (χ1) is 16.2. The first-order valence-electron chi connectivity index (χ1n) is 10.2. The minimum absolute atomic E-state index is 0.0523. The fraction of sp³-hybridized carbons (Fsp3) is 0.208. The molecule has 34 heavy (non-hydrogen) atoms. The molecule has 0 saturated carbocycles. The summed E-state index contributed by atoms with van der Waals surface area (Å²) in [5.41, 5.74) is 0.958. The van der Waals surface area contributed by atoms with Gasteiger partial charge in [0, 0.05) is 16.1 Å². The highest BCUT2D eigenvalue weighted by Crippen LogP contribution is 2.27. The number of ether oxygens (including phenoxy) is 2. The fourth-order valence-electron chi connectivity index (χ4n) is 3.12. The molecule has 0 heterocycles. The first-order valence-corrected chi connectivity index (χ1v) is 12.9. The van der Waals surface area contributed by atoms with Crippen molar-refractivity contribution in [3.63, 3.8) is 0 Å². The molecule has 1 N–H and O–H groups in total. The Morgan fingerprint density at radius 1 is 1.06 bits per heavy atom. The highest BCUT2D eigenvalue weighted by atomic mass is 79.9. The zero-order chi connectivity index (χ0) is 24.7. The Labute approximate surface area is 206 Å². The van der Waals surface area contributed by atoms with Gasteiger partial charge < -0.3 is 14.8 Å². The molecule has 180 valence electrons. The molecule has 0 fully saturated rings. The Hall–Kier alpha value is -3.11. The molecule has 1 amide bonds. The molecule has 0 unspecified atom stereocenters. The Bertz CT molecular complexity index is 1250. The van der Waals surface area contributed by atoms with E-state index in [0.29, 0.717) is 33.6 Å². The number of anilines is 1. The molecule has 0 saturated heterocycles. The van der Waals surface area contributed by atoms with Crippen LogP contribution in [0.4, 0.5) is 10.1 Å². The van der Waals surface area contributed by atoms with Crippen molar-refractivity contribution in [2.24, 2.45) is 0 Å². The molecule has 10 heteroatoms. The van der Waals surface area contributed by atoms with Crippen LogP contribution in [0, 0.1) is 5.82 Å². The number of nitrogens with one attached hydrogen (secondary N) is 1. The summed E-state index contributed by atoms with van der Waals surface area (Å²) < 4.78 is 51.2. The van der Waals surface area contributed by atoms with E-state index in [2.05, 4.69) is 21.2 Å². The predicted octanol–water partition coefficient (Wildman–Crippen LogP) is 4.37. The number of halogens is 2. The maximum Gasteiger partial charge on any atom is 0.251 e. The Balaban J connectivity index is 1.59. The minimum atomic E-state index is -3.74. The average Bonchev–Trinajstić information content (AvgIpc) is 2.80. The van der Waals surface area contributed by atoms with Gasteiger partial charge in [-0.3, -0.25) is 9.10 Å². The van der Waals surface area contributed by atoms with Crippen LogP contribution < -0.4 is 19.1 Å². The van der Waals surface area contributed by atoms with E-state index >= 15 is 0 Å². The summed E-state index contributed by atoms with van der Waals surface area (Å²) in [6, 6.07) is 17.8. The van der Waals surface area contributed by atoms with Crippen LogP contribution in [0.3, 0.4) is 0 Å². The minimum Gasteiger partial charge on any atom is -0.497 e. The largest absolute Gasteiger partial charge is 0.497 e. The molecule has 3 aromatic carbocycles. The molecule has 0 aliphatic heterocycles. The zero-order valence-corrected chi connectivity index (χ0v) is 21.0. The molecule has 3 aromatic rings. The normalized spacial score (nSPS) is 11.1. The molecule has 0 atom stereocenters. The van der Waals surface area contributed by atoms with Crippen LogP contribution in [0.2, 0.25) is 0 Å². The van der Waals surface area contributed by atoms with Crippen LogP contribution >= 0.6 is 15.9 Å². The van der Waals surface area contributed by atoms with E-state index in [0.717, 1.165) is 10.6 Å². The predicted molar refractivity (Wildman–Crippen MR) is 132 cm³/mol. The number of carbonyl (C=O) groups is 1. The van der Waals surface area contributed by atoms with Crippen LogP contribution in [0.1, 0.15) is 15.9 Å². The van der Waals surface area contributed by atoms with Crippen molar-refractivity contribution < 1.29 is 27.1 Å². The Kier molecular flexibility index (Phi) is 8.51. The lowest BCUT2D eigenvalue weighted by Gasteiger charge is -2.23. The summed E-state index contributed by atoms with van der Waals surface area (Å²) in [5.74, 6) is 0.362. The van der Waals surface area contributed by atoms with Crippen LogP contribution in [0.15, 0.2) is 71.2 Å². The van der Waals surface area contributed by atoms with E-state index in [9.17, 15) is 17.6 Å². The maximum absolute atomic E-state index is 14.4. The summed E-state index contributed by atoms with van der Waals surface area (Å²) >= 11 is 3.17. The molecular formula is C24H24BrFN2O5S. The summed E-state index contributed by atoms with van der Waals surface area (Å²) in [7, 11) is -2.17. The third-order valence-corrected chi connectivity index (χ3v) is 6.44. The first kappa shape index (κ1) is 25.5. The van der Waals surface area contributed by atoms with E-state index in [1.807, 2.05) is 12.1 Å². The van der Waals surface area contributed by atoms with Gasteiger partial charge in [-0.25, -0.2) is 12.8 Å². The second-order valence-corrected chi connectivity index (χ2v) is 10.2. The Morgan fingerprint density at radius 2 is 1.76 bits per heavy atom. The third kappa shape index (κ3) is 6.94. The smallest absolute Gasteiger partial charge is 0.251 e. The van der Waals surface area contributed by atoms with Crippen molar-refractivity contribution in [1.29, 1.82) is 0 Å². The number of sulfonamides is 1. The molecule has 0 bridgehead atoms. The second-order valence-electron chi connectivity index (χ2n) is 7.35. The molecule has 0 aliphatic rings. The average molecular weight is 551 g/mol. The number of benzene rings is 3. The molecule has 0 aromatic heterocycles. The molecule has 0 radical (unpaired) electrons. The molecular weight excluding hydrogens is 527 g/mol. The van der Waals surface area contributed by atoms with Gasteiger partial charge in [0.15, 0.2) is 0 Å². The number of hydrogen-bond donors (Lipinski definition) is 1. The van der Waals surface area contributed by atoms with E-state index in [4.69, 9.17) is 9.47 Å². The van der Waals surface area contributed by atoms with Crippen LogP contribution in [-0.4, -0.2) is 40.8 Å². The molecule has 3 rings (SSSR count). The molecule has 0 spiro atoms. The van der Waals surface area contributed by atoms with E-state index in [1.54, 1.807) is 49.6 Å². The number of methoxy groups -OCH3 is 1. The lowest BCUT2D eigenvalue weighted by Crippen LogP contribution is -2.30. The van der Waals surface area contributed by atoms with Crippen LogP contribution in [0.25, 0.3) is 0 Å². The van der Waals surface area contributed by atoms with Gasteiger partial charge in [-0.15, -0.1) is 0 Å². The van der Waals surface area contributed by atoms with Crippen molar-refractivity contribution in [1.82, 2.24) is 5.32 Å². The SMILES string of the molecule is COc1cccc(OCCNC(=O)c2ccc(CN(c3ccc(Br)cc3F)S(C)(=O)=O)cc2)c1. The van der Waals surface area contributed by atoms with E-state index in [1.165, 1.54) is 12.1 Å². The standard InChI is InChI=1S/C24H24BrFN2O5S/c1-32-20-4-3-5-21(15-20)33-13-12-27-24(29)18-8-6-17(7-9-18)16-28(34(2,30)31)23-11-10-19(25)14-22(23)26/h3-11,14-15H,12-13,16H2,1-2H3,(H,27,29). The summed E-state index contributed by atoms with van der Waals surface area (Å²) in [5, 5.41) is 2.77. The van der Waals surface area contributed by atoms with Crippen molar-refractivity contribution in [3.8, 4) is 11.5 Å². The van der Waals surface area contributed by atoms with Gasteiger partial charge in [-0.1, -0.05) is 34.1 Å². The van der Waals surface area contributed by atoms with Gasteiger partial charge in [0.05, 0.1) is 32.1 Å². The van der Waals surface area contributed by atoms with Gasteiger partial charge in [0.25, 0.3) is 5.91 Å². The number of amides is 1. The molecule has 7 nitrogen and oxygen atoms in total. The summed E-state index contributed by atoms with van der Waals surface area (Å²) in [6.07, 6.45) is 1.02. The van der Waals surface area contributed by atoms with E-state index < -0.39 is 15.8 Å². The quantitative estimate of drug-likeness (QED) is 0.379. The maximum atomic E-state index is 14.4. The highest BCUT2D eigenvalue weighted by Gasteiger charge is 2.21. The number of carbonyl (C=O) groups excluding carboxylic acids is 1. The van der Waals surface area contributed by atoms with Gasteiger partial charge >= 0.3 is 0 Å². The summed E-state index contributed by atoms with van der Waals surface area (Å²) in [4.78, 5) is 12.4. The molecule has 0 aliphatic carbocycles. The third-order valence-electron chi connectivity index (χ3n) is 4.82. The van der Waals surface area contributed by atoms with Crippen LogP contribution in [0.5, 0.6) is 11.5 Å². The number of rotatable bonds is 10. The van der Waals surface area contributed by atoms with Crippen molar-refractivity contribution >= 4 is 37.5 Å². The fourth-order valence-corrected chi connectivity index (χ4v) is 4.34. The number of hydrogen-bond acceptors (Lipinski definition) is 5. The lowest BCUT2D eigenvalue weighted by molar-refractivity contribution is 0.0947. The van der Waals surface area contributed by atoms with Gasteiger partial charge in [0.1, 0.15) is 23.9 Å². The van der Waals surface area contributed by atoms with Crippen LogP contribution in [-0.2, 0) is 16.6 Å². The summed E-state index contributed by atoms with van der Waals surface area (Å²) in [6.45, 7) is 0.495. The lowest BCUT2D eigenvalue weighted by atomic mass is 10.1. The second kappa shape index (κ2) is 11.3. The van der Waals surface area contributed by atoms with E-state index in [-0.39, 0.29) is 24.7 Å².